The summed E-state index contributed by atoms with van der Waals surface area (Å²) in [6.45, 7) is 4.43. The largest absolute Gasteiger partial charge is 0.370 e. The number of piperidine rings is 1. The Hall–Kier alpha value is -2.40. The molecule has 1 aliphatic heterocycles. The number of fused-ring (bicyclic) bond motifs is 1. The van der Waals surface area contributed by atoms with Gasteiger partial charge in [0.05, 0.1) is 21.7 Å². The molecule has 1 aliphatic rings. The van der Waals surface area contributed by atoms with Crippen molar-refractivity contribution in [1.29, 1.82) is 0 Å². The molecule has 142 valence electrons. The van der Waals surface area contributed by atoms with Crippen molar-refractivity contribution in [3.05, 3.63) is 51.9 Å². The molecule has 0 aliphatic carbocycles. The zero-order valence-electron chi connectivity index (χ0n) is 16.0. The summed E-state index contributed by atoms with van der Waals surface area (Å²) in [7, 11) is 3.58. The van der Waals surface area contributed by atoms with E-state index in [1.807, 2.05) is 24.3 Å². The summed E-state index contributed by atoms with van der Waals surface area (Å²) in [5.41, 5.74) is 4.77. The van der Waals surface area contributed by atoms with Crippen molar-refractivity contribution in [3.8, 4) is 0 Å². The average molecular weight is 385 g/mol. The fourth-order valence-corrected chi connectivity index (χ4v) is 4.14. The molecule has 0 unspecified atom stereocenters. The highest BCUT2D eigenvalue weighted by Crippen LogP contribution is 2.33. The van der Waals surface area contributed by atoms with Gasteiger partial charge < -0.3 is 10.2 Å². The van der Waals surface area contributed by atoms with Gasteiger partial charge in [-0.3, -0.25) is 9.13 Å². The minimum Gasteiger partial charge on any atom is -0.370 e. The van der Waals surface area contributed by atoms with Crippen LogP contribution in [0.2, 0.25) is 5.02 Å². The smallest absolute Gasteiger partial charge is 0.328 e. The maximum atomic E-state index is 12.1. The summed E-state index contributed by atoms with van der Waals surface area (Å²) in [6, 6.07) is 12.1. The van der Waals surface area contributed by atoms with Crippen molar-refractivity contribution in [2.75, 3.05) is 23.3 Å². The van der Waals surface area contributed by atoms with E-state index in [9.17, 15) is 4.79 Å². The van der Waals surface area contributed by atoms with Gasteiger partial charge in [-0.05, 0) is 55.2 Å². The first-order valence-corrected chi connectivity index (χ1v) is 9.79. The van der Waals surface area contributed by atoms with Crippen molar-refractivity contribution < 1.29 is 0 Å². The van der Waals surface area contributed by atoms with Crippen molar-refractivity contribution in [3.63, 3.8) is 0 Å². The van der Waals surface area contributed by atoms with Gasteiger partial charge >= 0.3 is 5.69 Å². The molecule has 0 amide bonds. The Morgan fingerprint density at radius 3 is 2.30 bits per heavy atom. The molecule has 4 rings (SSSR count). The maximum absolute atomic E-state index is 12.1. The van der Waals surface area contributed by atoms with Crippen LogP contribution in [0.1, 0.15) is 19.8 Å². The van der Waals surface area contributed by atoms with E-state index in [1.54, 1.807) is 23.2 Å². The van der Waals surface area contributed by atoms with Crippen LogP contribution in [0.25, 0.3) is 11.0 Å². The predicted octanol–water partition coefficient (Wildman–Crippen LogP) is 4.51. The Labute approximate surface area is 164 Å². The molecular weight excluding hydrogens is 360 g/mol. The number of rotatable bonds is 3. The van der Waals surface area contributed by atoms with Gasteiger partial charge in [-0.2, -0.15) is 0 Å². The van der Waals surface area contributed by atoms with E-state index < -0.39 is 0 Å². The second-order valence-corrected chi connectivity index (χ2v) is 7.97. The summed E-state index contributed by atoms with van der Waals surface area (Å²) < 4.78 is 3.32. The van der Waals surface area contributed by atoms with E-state index in [2.05, 4.69) is 29.3 Å². The number of hydrogen-bond donors (Lipinski definition) is 1. The Bertz CT molecular complexity index is 1040. The van der Waals surface area contributed by atoms with E-state index in [1.165, 1.54) is 12.8 Å². The van der Waals surface area contributed by atoms with Gasteiger partial charge in [0, 0.05) is 38.6 Å². The molecule has 0 radical (unpaired) electrons. The van der Waals surface area contributed by atoms with Gasteiger partial charge in [0.2, 0.25) is 0 Å². The highest BCUT2D eigenvalue weighted by Gasteiger charge is 2.18. The number of imidazole rings is 1. The van der Waals surface area contributed by atoms with Gasteiger partial charge in [-0.1, -0.05) is 18.5 Å². The van der Waals surface area contributed by atoms with Gasteiger partial charge in [0.25, 0.3) is 0 Å². The lowest BCUT2D eigenvalue weighted by molar-refractivity contribution is 0.438. The Morgan fingerprint density at radius 2 is 1.59 bits per heavy atom. The number of aryl methyl sites for hydroxylation is 2. The third kappa shape index (κ3) is 3.32. The molecule has 0 saturated carbocycles. The summed E-state index contributed by atoms with van der Waals surface area (Å²) in [6.07, 6.45) is 2.43. The summed E-state index contributed by atoms with van der Waals surface area (Å²) in [5.74, 6) is 0.796. The third-order valence-electron chi connectivity index (χ3n) is 5.63. The average Bonchev–Trinajstić information content (AvgIpc) is 2.87. The van der Waals surface area contributed by atoms with E-state index in [0.717, 1.165) is 52.1 Å². The van der Waals surface area contributed by atoms with E-state index >= 15 is 0 Å². The molecule has 1 fully saturated rings. The maximum Gasteiger partial charge on any atom is 0.328 e. The van der Waals surface area contributed by atoms with E-state index in [4.69, 9.17) is 11.6 Å². The van der Waals surface area contributed by atoms with Crippen LogP contribution in [-0.4, -0.2) is 22.2 Å². The van der Waals surface area contributed by atoms with Gasteiger partial charge in [-0.15, -0.1) is 0 Å². The first-order valence-electron chi connectivity index (χ1n) is 9.41. The quantitative estimate of drug-likeness (QED) is 0.722. The number of halogens is 1. The molecule has 5 nitrogen and oxygen atoms in total. The summed E-state index contributed by atoms with van der Waals surface area (Å²) in [4.78, 5) is 14.5. The fraction of sp³-hybridized carbons (Fsp3) is 0.381. The first kappa shape index (κ1) is 18.0. The summed E-state index contributed by atoms with van der Waals surface area (Å²) >= 11 is 6.58. The monoisotopic (exact) mass is 384 g/mol. The number of benzene rings is 2. The molecule has 6 heteroatoms. The Morgan fingerprint density at radius 1 is 0.963 bits per heavy atom. The number of nitrogens with one attached hydrogen (secondary N) is 1. The predicted molar refractivity (Wildman–Crippen MR) is 114 cm³/mol. The number of aromatic nitrogens is 2. The highest BCUT2D eigenvalue weighted by atomic mass is 35.5. The molecule has 0 atom stereocenters. The molecule has 1 saturated heterocycles. The van der Waals surface area contributed by atoms with Crippen LogP contribution in [0, 0.1) is 5.92 Å². The molecule has 2 aromatic carbocycles. The van der Waals surface area contributed by atoms with E-state index in [-0.39, 0.29) is 5.69 Å². The lowest BCUT2D eigenvalue weighted by Gasteiger charge is -2.32. The lowest BCUT2D eigenvalue weighted by Crippen LogP contribution is -2.32. The van der Waals surface area contributed by atoms with Crippen LogP contribution in [-0.2, 0) is 14.1 Å². The van der Waals surface area contributed by atoms with Gasteiger partial charge in [-0.25, -0.2) is 4.79 Å². The Kier molecular flexibility index (Phi) is 4.64. The van der Waals surface area contributed by atoms with Gasteiger partial charge in [0.1, 0.15) is 0 Å². The molecular formula is C21H25ClN4O. The molecule has 2 heterocycles. The molecule has 1 aromatic heterocycles. The van der Waals surface area contributed by atoms with Crippen LogP contribution in [0.3, 0.4) is 0 Å². The molecule has 27 heavy (non-hydrogen) atoms. The molecule has 3 aromatic rings. The van der Waals surface area contributed by atoms with Crippen molar-refractivity contribution in [2.24, 2.45) is 20.0 Å². The van der Waals surface area contributed by atoms with E-state index in [0.29, 0.717) is 0 Å². The minimum absolute atomic E-state index is 0.0228. The number of anilines is 3. The highest BCUT2D eigenvalue weighted by molar-refractivity contribution is 6.33. The minimum atomic E-state index is -0.0228. The van der Waals surface area contributed by atoms with Crippen LogP contribution in [0.5, 0.6) is 0 Å². The zero-order valence-corrected chi connectivity index (χ0v) is 16.8. The molecule has 0 spiro atoms. The fourth-order valence-electron chi connectivity index (χ4n) is 3.84. The van der Waals surface area contributed by atoms with Crippen LogP contribution < -0.4 is 15.9 Å². The van der Waals surface area contributed by atoms with Gasteiger partial charge in [0.15, 0.2) is 0 Å². The van der Waals surface area contributed by atoms with Crippen LogP contribution >= 0.6 is 11.6 Å². The summed E-state index contributed by atoms with van der Waals surface area (Å²) in [5, 5.41) is 4.17. The normalized spacial score (nSPS) is 15.5. The third-order valence-corrected chi connectivity index (χ3v) is 5.94. The number of nitrogens with zero attached hydrogens (tertiary/aromatic N) is 3. The number of hydrogen-bond acceptors (Lipinski definition) is 3. The Balaban J connectivity index is 1.58. The molecule has 1 N–H and O–H groups in total. The molecule has 0 bridgehead atoms. The standard InChI is InChI=1S/C21H25ClN4O/c1-14-8-10-26(11-9-14)18-6-4-15(12-17(18)22)23-16-5-7-19-20(13-16)25(3)21(27)24(19)2/h4-7,12-14,23H,8-11H2,1-3H3. The second kappa shape index (κ2) is 6.97. The second-order valence-electron chi connectivity index (χ2n) is 7.56. The SMILES string of the molecule is CC1CCN(c2ccc(Nc3ccc4c(c3)n(C)c(=O)n4C)cc2Cl)CC1. The topological polar surface area (TPSA) is 42.2 Å². The zero-order chi connectivity index (χ0) is 19.1. The van der Waals surface area contributed by atoms with Crippen molar-refractivity contribution >= 4 is 39.7 Å². The van der Waals surface area contributed by atoms with Crippen molar-refractivity contribution in [1.82, 2.24) is 9.13 Å². The van der Waals surface area contributed by atoms with Crippen molar-refractivity contribution in [2.45, 2.75) is 19.8 Å². The van der Waals surface area contributed by atoms with Crippen LogP contribution in [0.15, 0.2) is 41.2 Å². The van der Waals surface area contributed by atoms with Crippen LogP contribution in [0.4, 0.5) is 17.1 Å². The first-order chi connectivity index (χ1) is 12.9. The lowest BCUT2D eigenvalue weighted by atomic mass is 9.99.